The third kappa shape index (κ3) is 4.21. The summed E-state index contributed by atoms with van der Waals surface area (Å²) in [6.45, 7) is 2.26. The van der Waals surface area contributed by atoms with Gasteiger partial charge in [0, 0.05) is 5.69 Å². The molecule has 0 radical (unpaired) electrons. The van der Waals surface area contributed by atoms with Gasteiger partial charge in [-0.25, -0.2) is 0 Å². The van der Waals surface area contributed by atoms with Gasteiger partial charge in [0.15, 0.2) is 0 Å². The van der Waals surface area contributed by atoms with Gasteiger partial charge >= 0.3 is 5.97 Å². The quantitative estimate of drug-likeness (QED) is 0.693. The van der Waals surface area contributed by atoms with Crippen LogP contribution in [0.4, 0.5) is 5.69 Å². The SMILES string of the molecule is CCOc1ccc(NC(=O)CNC(=O)C2CC2C(=O)O)cc1. The highest BCUT2D eigenvalue weighted by molar-refractivity contribution is 5.96. The topological polar surface area (TPSA) is 105 Å². The molecule has 3 N–H and O–H groups in total. The van der Waals surface area contributed by atoms with Gasteiger partial charge in [0.05, 0.1) is 25.0 Å². The van der Waals surface area contributed by atoms with Crippen LogP contribution in [0, 0.1) is 11.8 Å². The van der Waals surface area contributed by atoms with E-state index in [1.807, 2.05) is 6.92 Å². The summed E-state index contributed by atoms with van der Waals surface area (Å²) in [6.07, 6.45) is 0.335. The molecule has 1 aliphatic rings. The highest BCUT2D eigenvalue weighted by Crippen LogP contribution is 2.38. The number of carbonyl (C=O) groups is 3. The summed E-state index contributed by atoms with van der Waals surface area (Å²) in [5.41, 5.74) is 0.595. The summed E-state index contributed by atoms with van der Waals surface area (Å²) < 4.78 is 5.29. The van der Waals surface area contributed by atoms with E-state index < -0.39 is 23.7 Å². The molecule has 0 spiro atoms. The molecule has 1 aliphatic carbocycles. The van der Waals surface area contributed by atoms with E-state index in [-0.39, 0.29) is 12.5 Å². The van der Waals surface area contributed by atoms with Crippen molar-refractivity contribution in [2.45, 2.75) is 13.3 Å². The number of amides is 2. The first-order valence-electron chi connectivity index (χ1n) is 7.04. The van der Waals surface area contributed by atoms with E-state index in [0.29, 0.717) is 24.5 Å². The Hall–Kier alpha value is -2.57. The third-order valence-electron chi connectivity index (χ3n) is 3.32. The van der Waals surface area contributed by atoms with E-state index in [1.165, 1.54) is 0 Å². The minimum atomic E-state index is -0.973. The highest BCUT2D eigenvalue weighted by atomic mass is 16.5. The summed E-state index contributed by atoms with van der Waals surface area (Å²) in [4.78, 5) is 34.0. The van der Waals surface area contributed by atoms with Crippen LogP contribution < -0.4 is 15.4 Å². The van der Waals surface area contributed by atoms with Crippen molar-refractivity contribution >= 4 is 23.5 Å². The van der Waals surface area contributed by atoms with Gasteiger partial charge < -0.3 is 20.5 Å². The Bertz CT molecular complexity index is 570. The molecule has 1 fully saturated rings. The number of ether oxygens (including phenoxy) is 1. The Labute approximate surface area is 127 Å². The van der Waals surface area contributed by atoms with Crippen LogP contribution in [0.3, 0.4) is 0 Å². The van der Waals surface area contributed by atoms with E-state index in [0.717, 1.165) is 0 Å². The first kappa shape index (κ1) is 15.8. The van der Waals surface area contributed by atoms with Crippen LogP contribution in [0.2, 0.25) is 0 Å². The second-order valence-electron chi connectivity index (χ2n) is 5.01. The van der Waals surface area contributed by atoms with Gasteiger partial charge in [0.1, 0.15) is 5.75 Å². The Kier molecular flexibility index (Phi) is 4.98. The smallest absolute Gasteiger partial charge is 0.307 e. The minimum absolute atomic E-state index is 0.186. The van der Waals surface area contributed by atoms with Crippen LogP contribution in [0.25, 0.3) is 0 Å². The Morgan fingerprint density at radius 3 is 2.45 bits per heavy atom. The first-order chi connectivity index (χ1) is 10.5. The molecule has 7 heteroatoms. The van der Waals surface area contributed by atoms with Gasteiger partial charge in [0.2, 0.25) is 11.8 Å². The number of aliphatic carboxylic acids is 1. The standard InChI is InChI=1S/C15H18N2O5/c1-2-22-10-5-3-9(4-6-10)17-13(18)8-16-14(19)11-7-12(11)15(20)21/h3-6,11-12H,2,7-8H2,1H3,(H,16,19)(H,17,18)(H,20,21). The molecule has 1 aromatic carbocycles. The number of rotatable bonds is 7. The van der Waals surface area contributed by atoms with Crippen molar-refractivity contribution in [3.63, 3.8) is 0 Å². The molecule has 2 unspecified atom stereocenters. The maximum Gasteiger partial charge on any atom is 0.307 e. The van der Waals surface area contributed by atoms with E-state index in [4.69, 9.17) is 9.84 Å². The number of anilines is 1. The maximum atomic E-state index is 11.7. The third-order valence-corrected chi connectivity index (χ3v) is 3.32. The van der Waals surface area contributed by atoms with Crippen molar-refractivity contribution in [1.29, 1.82) is 0 Å². The lowest BCUT2D eigenvalue weighted by molar-refractivity contribution is -0.140. The number of benzene rings is 1. The molecule has 22 heavy (non-hydrogen) atoms. The van der Waals surface area contributed by atoms with Crippen LogP contribution in [0.15, 0.2) is 24.3 Å². The Morgan fingerprint density at radius 2 is 1.91 bits per heavy atom. The zero-order valence-corrected chi connectivity index (χ0v) is 12.2. The minimum Gasteiger partial charge on any atom is -0.494 e. The van der Waals surface area contributed by atoms with Crippen molar-refractivity contribution in [3.05, 3.63) is 24.3 Å². The summed E-state index contributed by atoms with van der Waals surface area (Å²) >= 11 is 0. The fourth-order valence-corrected chi connectivity index (χ4v) is 2.06. The summed E-state index contributed by atoms with van der Waals surface area (Å²) in [5, 5.41) is 13.8. The summed E-state index contributed by atoms with van der Waals surface area (Å²) in [6, 6.07) is 6.87. The molecule has 2 amide bonds. The van der Waals surface area contributed by atoms with Crippen LogP contribution in [0.1, 0.15) is 13.3 Å². The molecule has 1 saturated carbocycles. The zero-order chi connectivity index (χ0) is 16.1. The van der Waals surface area contributed by atoms with Gasteiger partial charge in [0.25, 0.3) is 0 Å². The van der Waals surface area contributed by atoms with Crippen molar-refractivity contribution < 1.29 is 24.2 Å². The average Bonchev–Trinajstić information content (AvgIpc) is 3.28. The van der Waals surface area contributed by atoms with E-state index >= 15 is 0 Å². The molecular formula is C15H18N2O5. The molecule has 0 bridgehead atoms. The zero-order valence-electron chi connectivity index (χ0n) is 12.2. The molecule has 1 aromatic rings. The van der Waals surface area contributed by atoms with Crippen LogP contribution in [0.5, 0.6) is 5.75 Å². The predicted molar refractivity (Wildman–Crippen MR) is 78.5 cm³/mol. The van der Waals surface area contributed by atoms with Gasteiger partial charge in [-0.05, 0) is 37.6 Å². The molecule has 2 atom stereocenters. The van der Waals surface area contributed by atoms with Crippen molar-refractivity contribution in [1.82, 2.24) is 5.32 Å². The van der Waals surface area contributed by atoms with Crippen LogP contribution in [-0.2, 0) is 14.4 Å². The van der Waals surface area contributed by atoms with Crippen LogP contribution >= 0.6 is 0 Å². The second-order valence-corrected chi connectivity index (χ2v) is 5.01. The van der Waals surface area contributed by atoms with Gasteiger partial charge in [-0.2, -0.15) is 0 Å². The fraction of sp³-hybridized carbons (Fsp3) is 0.400. The first-order valence-corrected chi connectivity index (χ1v) is 7.04. The van der Waals surface area contributed by atoms with E-state index in [1.54, 1.807) is 24.3 Å². The lowest BCUT2D eigenvalue weighted by atomic mass is 10.3. The van der Waals surface area contributed by atoms with Crippen LogP contribution in [-0.4, -0.2) is 36.0 Å². The molecule has 0 aromatic heterocycles. The Morgan fingerprint density at radius 1 is 1.23 bits per heavy atom. The number of hydrogen-bond donors (Lipinski definition) is 3. The van der Waals surface area contributed by atoms with Crippen molar-refractivity contribution in [3.8, 4) is 5.75 Å². The number of hydrogen-bond acceptors (Lipinski definition) is 4. The number of carboxylic acids is 1. The maximum absolute atomic E-state index is 11.7. The van der Waals surface area contributed by atoms with Gasteiger partial charge in [-0.15, -0.1) is 0 Å². The largest absolute Gasteiger partial charge is 0.494 e. The number of carbonyl (C=O) groups excluding carboxylic acids is 2. The highest BCUT2D eigenvalue weighted by Gasteiger charge is 2.48. The monoisotopic (exact) mass is 306 g/mol. The summed E-state index contributed by atoms with van der Waals surface area (Å²) in [7, 11) is 0. The lowest BCUT2D eigenvalue weighted by Crippen LogP contribution is -2.34. The van der Waals surface area contributed by atoms with Gasteiger partial charge in [-0.3, -0.25) is 14.4 Å². The van der Waals surface area contributed by atoms with Crippen molar-refractivity contribution in [2.24, 2.45) is 11.8 Å². The average molecular weight is 306 g/mol. The molecule has 0 saturated heterocycles. The second kappa shape index (κ2) is 6.93. The molecule has 118 valence electrons. The predicted octanol–water partition coefficient (Wildman–Crippen LogP) is 0.861. The molecule has 0 aliphatic heterocycles. The Balaban J connectivity index is 1.74. The molecule has 7 nitrogen and oxygen atoms in total. The number of carboxylic acid groups (broad SMARTS) is 1. The van der Waals surface area contributed by atoms with Gasteiger partial charge in [-0.1, -0.05) is 0 Å². The normalized spacial score (nSPS) is 19.1. The van der Waals surface area contributed by atoms with Crippen molar-refractivity contribution in [2.75, 3.05) is 18.5 Å². The molecule has 2 rings (SSSR count). The fourth-order valence-electron chi connectivity index (χ4n) is 2.06. The van der Waals surface area contributed by atoms with E-state index in [2.05, 4.69) is 10.6 Å². The molecule has 0 heterocycles. The lowest BCUT2D eigenvalue weighted by Gasteiger charge is -2.08. The number of nitrogens with one attached hydrogen (secondary N) is 2. The van der Waals surface area contributed by atoms with E-state index in [9.17, 15) is 14.4 Å². The molecular weight excluding hydrogens is 288 g/mol. The summed E-state index contributed by atoms with van der Waals surface area (Å²) in [5.74, 6) is -2.16.